The van der Waals surface area contributed by atoms with Crippen molar-refractivity contribution >= 4 is 44.3 Å². The topological polar surface area (TPSA) is 24.1 Å². The van der Waals surface area contributed by atoms with Crippen LogP contribution in [0, 0.1) is 13.8 Å². The minimum absolute atomic E-state index is 0.998. The first-order valence-electron chi connectivity index (χ1n) is 12.3. The minimum atomic E-state index is 0.998. The van der Waals surface area contributed by atoms with Crippen molar-refractivity contribution in [2.75, 3.05) is 10.6 Å². The van der Waals surface area contributed by atoms with Crippen LogP contribution in [0.15, 0.2) is 84.9 Å². The average molecular weight is 445 g/mol. The van der Waals surface area contributed by atoms with E-state index in [1.54, 1.807) is 0 Å². The monoisotopic (exact) mass is 444 g/mol. The van der Waals surface area contributed by atoms with Crippen LogP contribution in [-0.2, 0) is 12.8 Å². The number of rotatable bonds is 6. The van der Waals surface area contributed by atoms with Crippen molar-refractivity contribution in [3.05, 3.63) is 107 Å². The van der Waals surface area contributed by atoms with Gasteiger partial charge in [0.1, 0.15) is 0 Å². The molecule has 0 atom stereocenters. The van der Waals surface area contributed by atoms with Crippen LogP contribution < -0.4 is 10.6 Å². The Morgan fingerprint density at radius 1 is 0.529 bits per heavy atom. The summed E-state index contributed by atoms with van der Waals surface area (Å²) in [5, 5.41) is 12.5. The van der Waals surface area contributed by atoms with E-state index in [1.165, 1.54) is 55.2 Å². The second kappa shape index (κ2) is 9.23. The van der Waals surface area contributed by atoms with E-state index in [-0.39, 0.29) is 0 Å². The quantitative estimate of drug-likeness (QED) is 0.255. The Morgan fingerprint density at radius 2 is 0.971 bits per heavy atom. The number of nitrogens with one attached hydrogen (secondary N) is 2. The molecule has 0 fully saturated rings. The van der Waals surface area contributed by atoms with Crippen LogP contribution in [0.25, 0.3) is 21.5 Å². The van der Waals surface area contributed by atoms with Crippen LogP contribution in [0.5, 0.6) is 0 Å². The molecule has 0 saturated heterocycles. The molecule has 5 aromatic carbocycles. The van der Waals surface area contributed by atoms with Gasteiger partial charge in [0, 0.05) is 33.5 Å². The van der Waals surface area contributed by atoms with E-state index in [4.69, 9.17) is 0 Å². The molecule has 0 bridgehead atoms. The fourth-order valence-corrected chi connectivity index (χ4v) is 4.92. The normalized spacial score (nSPS) is 11.2. The van der Waals surface area contributed by atoms with Gasteiger partial charge in [0.15, 0.2) is 0 Å². The standard InChI is InChI=1S/C32H32N2/c1-5-23-15-9-11-21(3)31(23)33-29-17-18-30(34-32-22(4)12-10-16-24(32)6-2)28-20-26-14-8-7-13-25(26)19-27(28)29/h7-20,33-34H,5-6H2,1-4H3. The van der Waals surface area contributed by atoms with Crippen molar-refractivity contribution in [1.82, 2.24) is 0 Å². The van der Waals surface area contributed by atoms with E-state index in [0.29, 0.717) is 0 Å². The highest BCUT2D eigenvalue weighted by atomic mass is 14.9. The zero-order valence-electron chi connectivity index (χ0n) is 20.5. The molecule has 0 radical (unpaired) electrons. The highest BCUT2D eigenvalue weighted by Gasteiger charge is 2.13. The molecule has 170 valence electrons. The summed E-state index contributed by atoms with van der Waals surface area (Å²) in [6, 6.07) is 30.8. The second-order valence-corrected chi connectivity index (χ2v) is 9.08. The summed E-state index contributed by atoms with van der Waals surface area (Å²) in [5.41, 5.74) is 9.91. The molecular weight excluding hydrogens is 412 g/mol. The Labute approximate surface area is 202 Å². The molecule has 0 aromatic heterocycles. The third kappa shape index (κ3) is 4.01. The molecule has 2 N–H and O–H groups in total. The van der Waals surface area contributed by atoms with E-state index in [1.807, 2.05) is 0 Å². The number of fused-ring (bicyclic) bond motifs is 2. The van der Waals surface area contributed by atoms with E-state index in [9.17, 15) is 0 Å². The maximum absolute atomic E-state index is 3.80. The van der Waals surface area contributed by atoms with E-state index in [0.717, 1.165) is 24.2 Å². The fraction of sp³-hybridized carbons (Fsp3) is 0.188. The Hall–Kier alpha value is -3.78. The summed E-state index contributed by atoms with van der Waals surface area (Å²) in [4.78, 5) is 0. The lowest BCUT2D eigenvalue weighted by molar-refractivity contribution is 1.13. The van der Waals surface area contributed by atoms with Crippen molar-refractivity contribution in [3.63, 3.8) is 0 Å². The van der Waals surface area contributed by atoms with Gasteiger partial charge >= 0.3 is 0 Å². The molecule has 0 unspecified atom stereocenters. The molecule has 0 aliphatic heterocycles. The van der Waals surface area contributed by atoms with Gasteiger partial charge in [-0.1, -0.05) is 74.5 Å². The molecule has 0 aliphatic rings. The van der Waals surface area contributed by atoms with Crippen LogP contribution in [0.1, 0.15) is 36.1 Å². The van der Waals surface area contributed by atoms with E-state index >= 15 is 0 Å². The van der Waals surface area contributed by atoms with Crippen LogP contribution in [-0.4, -0.2) is 0 Å². The number of benzene rings is 5. The maximum atomic E-state index is 3.80. The lowest BCUT2D eigenvalue weighted by atomic mass is 9.99. The largest absolute Gasteiger partial charge is 0.355 e. The Kier molecular flexibility index (Phi) is 5.98. The molecule has 0 spiro atoms. The van der Waals surface area contributed by atoms with Gasteiger partial charge in [0.2, 0.25) is 0 Å². The van der Waals surface area contributed by atoms with Gasteiger partial charge in [-0.2, -0.15) is 0 Å². The van der Waals surface area contributed by atoms with E-state index in [2.05, 4.69) is 123 Å². The molecule has 0 heterocycles. The van der Waals surface area contributed by atoms with Gasteiger partial charge in [-0.15, -0.1) is 0 Å². The minimum Gasteiger partial charge on any atom is -0.355 e. The lowest BCUT2D eigenvalue weighted by Gasteiger charge is -2.20. The first kappa shape index (κ1) is 22.0. The number of hydrogen-bond acceptors (Lipinski definition) is 2. The lowest BCUT2D eigenvalue weighted by Crippen LogP contribution is -2.01. The van der Waals surface area contributed by atoms with Crippen LogP contribution in [0.2, 0.25) is 0 Å². The molecular formula is C32H32N2. The molecule has 2 nitrogen and oxygen atoms in total. The summed E-state index contributed by atoms with van der Waals surface area (Å²) in [6.07, 6.45) is 2.00. The summed E-state index contributed by atoms with van der Waals surface area (Å²) in [7, 11) is 0. The first-order valence-corrected chi connectivity index (χ1v) is 12.3. The molecule has 0 amide bonds. The second-order valence-electron chi connectivity index (χ2n) is 9.08. The van der Waals surface area contributed by atoms with Crippen molar-refractivity contribution in [3.8, 4) is 0 Å². The van der Waals surface area contributed by atoms with E-state index < -0.39 is 0 Å². The highest BCUT2D eigenvalue weighted by molar-refractivity contribution is 6.10. The van der Waals surface area contributed by atoms with Crippen molar-refractivity contribution in [2.24, 2.45) is 0 Å². The zero-order chi connectivity index (χ0) is 23.7. The van der Waals surface area contributed by atoms with Crippen LogP contribution in [0.4, 0.5) is 22.7 Å². The molecule has 2 heteroatoms. The molecule has 5 rings (SSSR count). The Bertz CT molecular complexity index is 1380. The van der Waals surface area contributed by atoms with Crippen LogP contribution in [0.3, 0.4) is 0 Å². The molecule has 5 aromatic rings. The fourth-order valence-electron chi connectivity index (χ4n) is 4.92. The summed E-state index contributed by atoms with van der Waals surface area (Å²) >= 11 is 0. The third-order valence-corrected chi connectivity index (χ3v) is 6.88. The number of aryl methyl sites for hydroxylation is 4. The van der Waals surface area contributed by atoms with Gasteiger partial charge in [-0.05, 0) is 84.0 Å². The number of hydrogen-bond donors (Lipinski definition) is 2. The Morgan fingerprint density at radius 3 is 1.38 bits per heavy atom. The van der Waals surface area contributed by atoms with Gasteiger partial charge in [0.25, 0.3) is 0 Å². The van der Waals surface area contributed by atoms with Gasteiger partial charge < -0.3 is 10.6 Å². The summed E-state index contributed by atoms with van der Waals surface area (Å²) < 4.78 is 0. The molecule has 0 saturated carbocycles. The van der Waals surface area contributed by atoms with Gasteiger partial charge in [0.05, 0.1) is 0 Å². The first-order chi connectivity index (χ1) is 16.6. The number of anilines is 4. The van der Waals surface area contributed by atoms with Gasteiger partial charge in [-0.25, -0.2) is 0 Å². The summed E-state index contributed by atoms with van der Waals surface area (Å²) in [5.74, 6) is 0. The predicted molar refractivity (Wildman–Crippen MR) is 149 cm³/mol. The SMILES string of the molecule is CCc1cccc(C)c1Nc1ccc(Nc2c(C)cccc2CC)c2cc3ccccc3cc12. The van der Waals surface area contributed by atoms with Crippen LogP contribution >= 0.6 is 0 Å². The van der Waals surface area contributed by atoms with Crippen molar-refractivity contribution in [1.29, 1.82) is 0 Å². The molecule has 0 aliphatic carbocycles. The van der Waals surface area contributed by atoms with Crippen molar-refractivity contribution in [2.45, 2.75) is 40.5 Å². The molecule has 34 heavy (non-hydrogen) atoms. The predicted octanol–water partition coefficient (Wildman–Crippen LogP) is 9.22. The zero-order valence-corrected chi connectivity index (χ0v) is 20.5. The summed E-state index contributed by atoms with van der Waals surface area (Å²) in [6.45, 7) is 8.79. The average Bonchev–Trinajstić information content (AvgIpc) is 2.86. The smallest absolute Gasteiger partial charge is 0.0465 e. The Balaban J connectivity index is 1.70. The maximum Gasteiger partial charge on any atom is 0.0465 e. The van der Waals surface area contributed by atoms with Crippen molar-refractivity contribution < 1.29 is 0 Å². The highest BCUT2D eigenvalue weighted by Crippen LogP contribution is 2.38. The number of para-hydroxylation sites is 2. The van der Waals surface area contributed by atoms with Gasteiger partial charge in [-0.3, -0.25) is 0 Å². The third-order valence-electron chi connectivity index (χ3n) is 6.88.